The molecule has 0 heterocycles. The van der Waals surface area contributed by atoms with E-state index in [4.69, 9.17) is 9.47 Å². The fraction of sp³-hybridized carbons (Fsp3) is 0.500. The Kier molecular flexibility index (Phi) is 5.12. The van der Waals surface area contributed by atoms with E-state index in [1.54, 1.807) is 14.2 Å². The number of benzene rings is 1. The first-order chi connectivity index (χ1) is 7.58. The van der Waals surface area contributed by atoms with Crippen molar-refractivity contribution in [2.75, 3.05) is 20.0 Å². The van der Waals surface area contributed by atoms with E-state index >= 15 is 0 Å². The van der Waals surface area contributed by atoms with E-state index in [-0.39, 0.29) is 0 Å². The maximum atomic E-state index is 12.1. The highest BCUT2D eigenvalue weighted by atomic mass is 32.2. The average molecular weight is 242 g/mol. The molecular formula is C12H18O3S. The molecule has 0 aliphatic heterocycles. The number of aryl methyl sites for hydroxylation is 2. The van der Waals surface area contributed by atoms with Crippen molar-refractivity contribution in [2.45, 2.75) is 25.0 Å². The van der Waals surface area contributed by atoms with Crippen LogP contribution in [0.4, 0.5) is 0 Å². The Morgan fingerprint density at radius 2 is 1.88 bits per heavy atom. The molecule has 0 saturated carbocycles. The van der Waals surface area contributed by atoms with Crippen LogP contribution >= 0.6 is 0 Å². The molecule has 0 spiro atoms. The van der Waals surface area contributed by atoms with Gasteiger partial charge in [-0.3, -0.25) is 4.21 Å². The second-order valence-corrected chi connectivity index (χ2v) is 5.15. The Morgan fingerprint density at radius 3 is 2.38 bits per heavy atom. The minimum absolute atomic E-state index is 0.358. The van der Waals surface area contributed by atoms with E-state index in [9.17, 15) is 4.21 Å². The van der Waals surface area contributed by atoms with E-state index in [0.29, 0.717) is 5.75 Å². The van der Waals surface area contributed by atoms with Gasteiger partial charge in [0.05, 0.1) is 16.6 Å². The molecule has 0 bridgehead atoms. The third-order valence-electron chi connectivity index (χ3n) is 2.39. The van der Waals surface area contributed by atoms with Gasteiger partial charge in [0.2, 0.25) is 0 Å². The molecule has 0 N–H and O–H groups in total. The van der Waals surface area contributed by atoms with Gasteiger partial charge in [0.1, 0.15) is 0 Å². The molecular weight excluding hydrogens is 224 g/mol. The van der Waals surface area contributed by atoms with Crippen LogP contribution in [0.3, 0.4) is 0 Å². The van der Waals surface area contributed by atoms with E-state index in [1.165, 1.54) is 5.56 Å². The zero-order valence-corrected chi connectivity index (χ0v) is 11.0. The summed E-state index contributed by atoms with van der Waals surface area (Å²) in [6, 6.07) is 5.90. The summed E-state index contributed by atoms with van der Waals surface area (Å²) in [6.45, 7) is 3.99. The normalized spacial score (nSPS) is 13.1. The van der Waals surface area contributed by atoms with Crippen molar-refractivity contribution in [2.24, 2.45) is 0 Å². The molecule has 0 aliphatic rings. The Balaban J connectivity index is 2.80. The molecule has 0 fully saturated rings. The van der Waals surface area contributed by atoms with Crippen LogP contribution in [0.2, 0.25) is 0 Å². The molecule has 0 aromatic heterocycles. The summed E-state index contributed by atoms with van der Waals surface area (Å²) in [5.41, 5.74) is 2.22. The van der Waals surface area contributed by atoms with Gasteiger partial charge in [-0.25, -0.2) is 0 Å². The lowest BCUT2D eigenvalue weighted by Gasteiger charge is -2.13. The summed E-state index contributed by atoms with van der Waals surface area (Å²) in [5.74, 6) is 0.358. The lowest BCUT2D eigenvalue weighted by Crippen LogP contribution is -2.21. The number of hydrogen-bond donors (Lipinski definition) is 0. The first-order valence-electron chi connectivity index (χ1n) is 5.09. The quantitative estimate of drug-likeness (QED) is 0.741. The summed E-state index contributed by atoms with van der Waals surface area (Å²) in [5, 5.41) is 0. The molecule has 0 amide bonds. The highest BCUT2D eigenvalue weighted by molar-refractivity contribution is 7.85. The maximum absolute atomic E-state index is 12.1. The van der Waals surface area contributed by atoms with Gasteiger partial charge in [-0.05, 0) is 25.5 Å². The van der Waals surface area contributed by atoms with Crippen LogP contribution in [0.5, 0.6) is 0 Å². The molecule has 1 aromatic carbocycles. The molecule has 4 heteroatoms. The Hall–Kier alpha value is -0.710. The van der Waals surface area contributed by atoms with Crippen LogP contribution in [-0.4, -0.2) is 30.5 Å². The molecule has 0 saturated heterocycles. The predicted molar refractivity (Wildman–Crippen MR) is 65.0 cm³/mol. The third kappa shape index (κ3) is 3.40. The van der Waals surface area contributed by atoms with Gasteiger partial charge >= 0.3 is 0 Å². The molecule has 1 aromatic rings. The average Bonchev–Trinajstić information content (AvgIpc) is 2.25. The van der Waals surface area contributed by atoms with Crippen molar-refractivity contribution < 1.29 is 13.7 Å². The Bertz CT molecular complexity index is 373. The van der Waals surface area contributed by atoms with Crippen molar-refractivity contribution in [3.8, 4) is 0 Å². The minimum Gasteiger partial charge on any atom is -0.355 e. The molecule has 3 nitrogen and oxygen atoms in total. The summed E-state index contributed by atoms with van der Waals surface area (Å²) in [4.78, 5) is 0.852. The van der Waals surface area contributed by atoms with Crippen molar-refractivity contribution in [1.82, 2.24) is 0 Å². The van der Waals surface area contributed by atoms with E-state index < -0.39 is 17.1 Å². The number of rotatable bonds is 5. The fourth-order valence-electron chi connectivity index (χ4n) is 1.50. The Morgan fingerprint density at radius 1 is 1.25 bits per heavy atom. The van der Waals surface area contributed by atoms with Crippen LogP contribution in [0.1, 0.15) is 11.1 Å². The topological polar surface area (TPSA) is 35.5 Å². The molecule has 1 rings (SSSR count). The molecule has 16 heavy (non-hydrogen) atoms. The monoisotopic (exact) mass is 242 g/mol. The van der Waals surface area contributed by atoms with Crippen LogP contribution in [0.25, 0.3) is 0 Å². The van der Waals surface area contributed by atoms with Crippen molar-refractivity contribution in [3.63, 3.8) is 0 Å². The first kappa shape index (κ1) is 13.4. The summed E-state index contributed by atoms with van der Waals surface area (Å²) >= 11 is 0. The molecule has 0 radical (unpaired) electrons. The van der Waals surface area contributed by atoms with Gasteiger partial charge < -0.3 is 9.47 Å². The number of ether oxygens (including phenoxy) is 2. The van der Waals surface area contributed by atoms with Crippen molar-refractivity contribution >= 4 is 10.8 Å². The van der Waals surface area contributed by atoms with Gasteiger partial charge in [0.25, 0.3) is 0 Å². The largest absolute Gasteiger partial charge is 0.355 e. The Labute approximate surface area is 99.2 Å². The van der Waals surface area contributed by atoms with Gasteiger partial charge in [-0.1, -0.05) is 17.7 Å². The van der Waals surface area contributed by atoms with Gasteiger partial charge in [-0.2, -0.15) is 0 Å². The lowest BCUT2D eigenvalue weighted by molar-refractivity contribution is -0.0847. The van der Waals surface area contributed by atoms with E-state index in [0.717, 1.165) is 10.5 Å². The lowest BCUT2D eigenvalue weighted by atomic mass is 10.2. The standard InChI is InChI=1S/C12H18O3S/c1-9-5-6-11(10(2)7-9)16(13)8-12(14-3)15-4/h5-7,12H,8H2,1-4H3. The van der Waals surface area contributed by atoms with Crippen LogP contribution < -0.4 is 0 Å². The van der Waals surface area contributed by atoms with Crippen molar-refractivity contribution in [3.05, 3.63) is 29.3 Å². The van der Waals surface area contributed by atoms with Crippen LogP contribution in [0.15, 0.2) is 23.1 Å². The van der Waals surface area contributed by atoms with E-state index in [2.05, 4.69) is 0 Å². The number of hydrogen-bond acceptors (Lipinski definition) is 3. The van der Waals surface area contributed by atoms with Gasteiger partial charge in [0, 0.05) is 19.1 Å². The smallest absolute Gasteiger partial charge is 0.168 e. The highest BCUT2D eigenvalue weighted by Gasteiger charge is 2.14. The SMILES string of the molecule is COC(CS(=O)c1ccc(C)cc1C)OC. The molecule has 1 atom stereocenters. The molecule has 0 aliphatic carbocycles. The van der Waals surface area contributed by atoms with E-state index in [1.807, 2.05) is 32.0 Å². The molecule has 1 unspecified atom stereocenters. The summed E-state index contributed by atoms with van der Waals surface area (Å²) < 4.78 is 22.1. The first-order valence-corrected chi connectivity index (χ1v) is 6.41. The number of methoxy groups -OCH3 is 2. The third-order valence-corrected chi connectivity index (χ3v) is 3.91. The summed E-state index contributed by atoms with van der Waals surface area (Å²) in [6.07, 6.45) is -0.415. The fourth-order valence-corrected chi connectivity index (χ4v) is 2.84. The van der Waals surface area contributed by atoms with Crippen LogP contribution in [0, 0.1) is 13.8 Å². The minimum atomic E-state index is -1.08. The zero-order chi connectivity index (χ0) is 12.1. The van der Waals surface area contributed by atoms with Crippen molar-refractivity contribution in [1.29, 1.82) is 0 Å². The van der Waals surface area contributed by atoms with Gasteiger partial charge in [-0.15, -0.1) is 0 Å². The van der Waals surface area contributed by atoms with Gasteiger partial charge in [0.15, 0.2) is 6.29 Å². The molecule has 90 valence electrons. The second-order valence-electron chi connectivity index (χ2n) is 3.68. The highest BCUT2D eigenvalue weighted by Crippen LogP contribution is 2.16. The maximum Gasteiger partial charge on any atom is 0.168 e. The zero-order valence-electron chi connectivity index (χ0n) is 10.1. The van der Waals surface area contributed by atoms with Crippen LogP contribution in [-0.2, 0) is 20.3 Å². The predicted octanol–water partition coefficient (Wildman–Crippen LogP) is 2.03. The summed E-state index contributed by atoms with van der Waals surface area (Å²) in [7, 11) is 2.01. The second kappa shape index (κ2) is 6.13.